The van der Waals surface area contributed by atoms with Crippen LogP contribution in [0.1, 0.15) is 12.0 Å². The van der Waals surface area contributed by atoms with E-state index in [2.05, 4.69) is 15.0 Å². The van der Waals surface area contributed by atoms with E-state index in [0.29, 0.717) is 6.42 Å². The first-order valence-corrected chi connectivity index (χ1v) is 5.78. The van der Waals surface area contributed by atoms with Gasteiger partial charge in [-0.3, -0.25) is 9.78 Å². The summed E-state index contributed by atoms with van der Waals surface area (Å²) >= 11 is 0. The lowest BCUT2D eigenvalue weighted by molar-refractivity contribution is -0.137. The summed E-state index contributed by atoms with van der Waals surface area (Å²) in [4.78, 5) is 17.6. The van der Waals surface area contributed by atoms with Crippen molar-refractivity contribution in [3.63, 3.8) is 0 Å². The Balaban J connectivity index is 2.23. The standard InChI is InChI=1S/C13H12N4O2/c14-17-16-11(8-13(18)19)6-9-3-4-10-2-1-5-15-12(10)7-9/h1-5,7,11H,6,8H2,(H,18,19)/t11-/m1/s1. The van der Waals surface area contributed by atoms with Gasteiger partial charge in [0.2, 0.25) is 0 Å². The van der Waals surface area contributed by atoms with Crippen molar-refractivity contribution in [2.75, 3.05) is 0 Å². The number of rotatable bonds is 5. The number of carboxylic acid groups (broad SMARTS) is 1. The fraction of sp³-hybridized carbons (Fsp3) is 0.231. The Labute approximate surface area is 109 Å². The van der Waals surface area contributed by atoms with Crippen molar-refractivity contribution in [3.8, 4) is 0 Å². The molecule has 1 atom stereocenters. The van der Waals surface area contributed by atoms with E-state index in [9.17, 15) is 4.79 Å². The minimum atomic E-state index is -0.976. The van der Waals surface area contributed by atoms with E-state index in [1.165, 1.54) is 0 Å². The van der Waals surface area contributed by atoms with Gasteiger partial charge in [-0.25, -0.2) is 0 Å². The summed E-state index contributed by atoms with van der Waals surface area (Å²) < 4.78 is 0. The molecule has 19 heavy (non-hydrogen) atoms. The van der Waals surface area contributed by atoms with E-state index < -0.39 is 12.0 Å². The van der Waals surface area contributed by atoms with Gasteiger partial charge in [0.05, 0.1) is 18.0 Å². The molecule has 1 aromatic heterocycles. The fourth-order valence-corrected chi connectivity index (χ4v) is 1.94. The number of fused-ring (bicyclic) bond motifs is 1. The van der Waals surface area contributed by atoms with Crippen molar-refractivity contribution in [2.45, 2.75) is 18.9 Å². The predicted octanol–water partition coefficient (Wildman–Crippen LogP) is 2.93. The van der Waals surface area contributed by atoms with Crippen molar-refractivity contribution in [1.82, 2.24) is 4.98 Å². The highest BCUT2D eigenvalue weighted by Gasteiger charge is 2.12. The van der Waals surface area contributed by atoms with Gasteiger partial charge >= 0.3 is 5.97 Å². The zero-order chi connectivity index (χ0) is 13.7. The maximum Gasteiger partial charge on any atom is 0.303 e. The maximum atomic E-state index is 10.7. The average molecular weight is 256 g/mol. The zero-order valence-corrected chi connectivity index (χ0v) is 10.1. The molecule has 0 aliphatic carbocycles. The van der Waals surface area contributed by atoms with E-state index in [1.54, 1.807) is 6.20 Å². The third kappa shape index (κ3) is 3.43. The molecule has 0 radical (unpaired) electrons. The summed E-state index contributed by atoms with van der Waals surface area (Å²) in [5, 5.41) is 13.3. The van der Waals surface area contributed by atoms with Crippen LogP contribution >= 0.6 is 0 Å². The minimum absolute atomic E-state index is 0.176. The number of hydrogen-bond donors (Lipinski definition) is 1. The molecule has 0 unspecified atom stereocenters. The Bertz CT molecular complexity index is 650. The summed E-state index contributed by atoms with van der Waals surface area (Å²) in [6.45, 7) is 0. The molecular weight excluding hydrogens is 244 g/mol. The molecule has 96 valence electrons. The molecule has 0 saturated carbocycles. The van der Waals surface area contributed by atoms with E-state index >= 15 is 0 Å². The van der Waals surface area contributed by atoms with Gasteiger partial charge < -0.3 is 5.11 Å². The molecule has 0 spiro atoms. The number of benzene rings is 1. The van der Waals surface area contributed by atoms with Crippen LogP contribution in [0.15, 0.2) is 41.6 Å². The Hall–Kier alpha value is -2.59. The predicted molar refractivity (Wildman–Crippen MR) is 70.6 cm³/mol. The van der Waals surface area contributed by atoms with Crippen molar-refractivity contribution in [3.05, 3.63) is 52.5 Å². The Kier molecular flexibility index (Phi) is 3.95. The molecule has 0 saturated heterocycles. The number of pyridine rings is 1. The normalized spacial score (nSPS) is 11.8. The Morgan fingerprint density at radius 2 is 2.32 bits per heavy atom. The number of aromatic nitrogens is 1. The lowest BCUT2D eigenvalue weighted by Crippen LogP contribution is -2.13. The highest BCUT2D eigenvalue weighted by atomic mass is 16.4. The van der Waals surface area contributed by atoms with Crippen LogP contribution in [0.5, 0.6) is 0 Å². The molecule has 1 aromatic carbocycles. The molecule has 1 N–H and O–H groups in total. The number of carbonyl (C=O) groups is 1. The minimum Gasteiger partial charge on any atom is -0.481 e. The molecule has 0 fully saturated rings. The van der Waals surface area contributed by atoms with Crippen molar-refractivity contribution < 1.29 is 9.90 Å². The van der Waals surface area contributed by atoms with E-state index in [4.69, 9.17) is 10.6 Å². The van der Waals surface area contributed by atoms with Gasteiger partial charge in [0.15, 0.2) is 0 Å². The number of azide groups is 1. The Morgan fingerprint density at radius 1 is 1.47 bits per heavy atom. The summed E-state index contributed by atoms with van der Waals surface area (Å²) in [5.41, 5.74) is 10.2. The monoisotopic (exact) mass is 256 g/mol. The van der Waals surface area contributed by atoms with Crippen LogP contribution in [-0.4, -0.2) is 22.1 Å². The smallest absolute Gasteiger partial charge is 0.303 e. The highest BCUT2D eigenvalue weighted by molar-refractivity contribution is 5.78. The second-order valence-corrected chi connectivity index (χ2v) is 4.19. The second kappa shape index (κ2) is 5.84. The van der Waals surface area contributed by atoms with Gasteiger partial charge in [0.25, 0.3) is 0 Å². The molecule has 2 aromatic rings. The molecular formula is C13H12N4O2. The van der Waals surface area contributed by atoms with Crippen LogP contribution < -0.4 is 0 Å². The van der Waals surface area contributed by atoms with Crippen LogP contribution in [0.4, 0.5) is 0 Å². The fourth-order valence-electron chi connectivity index (χ4n) is 1.94. The van der Waals surface area contributed by atoms with Crippen LogP contribution in [0.25, 0.3) is 21.3 Å². The maximum absolute atomic E-state index is 10.7. The van der Waals surface area contributed by atoms with Gasteiger partial charge in [-0.2, -0.15) is 0 Å². The van der Waals surface area contributed by atoms with Crippen LogP contribution in [0, 0.1) is 0 Å². The van der Waals surface area contributed by atoms with Gasteiger partial charge in [0, 0.05) is 16.5 Å². The summed E-state index contributed by atoms with van der Waals surface area (Å²) in [6.07, 6.45) is 1.92. The Morgan fingerprint density at radius 3 is 3.05 bits per heavy atom. The zero-order valence-electron chi connectivity index (χ0n) is 10.1. The van der Waals surface area contributed by atoms with E-state index in [1.807, 2.05) is 30.3 Å². The van der Waals surface area contributed by atoms with Gasteiger partial charge in [-0.1, -0.05) is 23.3 Å². The first-order chi connectivity index (χ1) is 9.19. The van der Waals surface area contributed by atoms with Gasteiger partial charge in [-0.05, 0) is 29.6 Å². The SMILES string of the molecule is [N-]=[N+]=N[C@@H](CC(=O)O)Cc1ccc2cccnc2c1. The van der Waals surface area contributed by atoms with Crippen molar-refractivity contribution >= 4 is 16.9 Å². The molecule has 0 aliphatic heterocycles. The molecule has 2 rings (SSSR count). The largest absolute Gasteiger partial charge is 0.481 e. The molecule has 0 aliphatic rings. The van der Waals surface area contributed by atoms with Gasteiger partial charge in [-0.15, -0.1) is 0 Å². The van der Waals surface area contributed by atoms with Crippen molar-refractivity contribution in [1.29, 1.82) is 0 Å². The van der Waals surface area contributed by atoms with Crippen molar-refractivity contribution in [2.24, 2.45) is 5.11 Å². The molecule has 0 bridgehead atoms. The number of aliphatic carboxylic acids is 1. The second-order valence-electron chi connectivity index (χ2n) is 4.19. The summed E-state index contributed by atoms with van der Waals surface area (Å²) in [7, 11) is 0. The quantitative estimate of drug-likeness (QED) is 0.505. The third-order valence-corrected chi connectivity index (χ3v) is 2.77. The first-order valence-electron chi connectivity index (χ1n) is 5.78. The summed E-state index contributed by atoms with van der Waals surface area (Å²) in [6, 6.07) is 8.93. The van der Waals surface area contributed by atoms with Crippen LogP contribution in [-0.2, 0) is 11.2 Å². The highest BCUT2D eigenvalue weighted by Crippen LogP contribution is 2.16. The number of hydrogen-bond acceptors (Lipinski definition) is 3. The molecule has 0 amide bonds. The first kappa shape index (κ1) is 12.9. The topological polar surface area (TPSA) is 99.0 Å². The van der Waals surface area contributed by atoms with E-state index in [0.717, 1.165) is 16.5 Å². The average Bonchev–Trinajstić information content (AvgIpc) is 2.38. The summed E-state index contributed by atoms with van der Waals surface area (Å²) in [5.74, 6) is -0.976. The van der Waals surface area contributed by atoms with Crippen LogP contribution in [0.2, 0.25) is 0 Å². The molecule has 6 heteroatoms. The third-order valence-electron chi connectivity index (χ3n) is 2.77. The number of carboxylic acids is 1. The molecule has 1 heterocycles. The van der Waals surface area contributed by atoms with Gasteiger partial charge in [0.1, 0.15) is 0 Å². The molecule has 6 nitrogen and oxygen atoms in total. The lowest BCUT2D eigenvalue weighted by Gasteiger charge is -2.09. The van der Waals surface area contributed by atoms with Crippen LogP contribution in [0.3, 0.4) is 0 Å². The lowest BCUT2D eigenvalue weighted by atomic mass is 10.0. The van der Waals surface area contributed by atoms with E-state index in [-0.39, 0.29) is 6.42 Å². The number of nitrogens with zero attached hydrogens (tertiary/aromatic N) is 4.